The molecule has 2 aliphatic rings. The van der Waals surface area contributed by atoms with E-state index in [1.54, 1.807) is 18.5 Å². The third-order valence-corrected chi connectivity index (χ3v) is 6.27. The maximum absolute atomic E-state index is 13.5. The average molecular weight is 426 g/mol. The Morgan fingerprint density at radius 1 is 1.06 bits per heavy atom. The molecule has 0 spiro atoms. The van der Waals surface area contributed by atoms with Crippen LogP contribution in [0.1, 0.15) is 38.5 Å². The number of nitrogens with zero attached hydrogens (tertiary/aromatic N) is 4. The van der Waals surface area contributed by atoms with E-state index in [0.717, 1.165) is 50.0 Å². The van der Waals surface area contributed by atoms with Crippen molar-refractivity contribution in [2.75, 3.05) is 44.2 Å². The van der Waals surface area contributed by atoms with Gasteiger partial charge in [-0.15, -0.1) is 0 Å². The standard InChI is InChI=1S/C24H32FN5O/c25-22-9-4-7-19(15-22)21-16-27-24(28-17-21)30-14-5-8-20(18-30)23(31)26-10-6-13-29-11-2-1-3-12-29/h4,7,9,15-17,20H,1-3,5-6,8,10-14,18H2,(H,26,31)/t20-/m1/s1. The molecule has 2 aliphatic heterocycles. The number of anilines is 1. The van der Waals surface area contributed by atoms with E-state index in [-0.39, 0.29) is 17.6 Å². The Morgan fingerprint density at radius 2 is 1.87 bits per heavy atom. The molecule has 2 saturated heterocycles. The van der Waals surface area contributed by atoms with Gasteiger partial charge in [-0.25, -0.2) is 14.4 Å². The summed E-state index contributed by atoms with van der Waals surface area (Å²) in [6.07, 6.45) is 10.3. The van der Waals surface area contributed by atoms with Gasteiger partial charge in [0.15, 0.2) is 0 Å². The van der Waals surface area contributed by atoms with Gasteiger partial charge in [-0.05, 0) is 69.4 Å². The van der Waals surface area contributed by atoms with Crippen molar-refractivity contribution in [3.63, 3.8) is 0 Å². The van der Waals surface area contributed by atoms with Crippen molar-refractivity contribution >= 4 is 11.9 Å². The monoisotopic (exact) mass is 425 g/mol. The van der Waals surface area contributed by atoms with Gasteiger partial charge in [0, 0.05) is 37.6 Å². The van der Waals surface area contributed by atoms with E-state index < -0.39 is 0 Å². The van der Waals surface area contributed by atoms with Crippen LogP contribution >= 0.6 is 0 Å². The van der Waals surface area contributed by atoms with Crippen molar-refractivity contribution in [3.05, 3.63) is 42.5 Å². The molecule has 0 unspecified atom stereocenters. The third-order valence-electron chi connectivity index (χ3n) is 6.27. The summed E-state index contributed by atoms with van der Waals surface area (Å²) in [5.74, 6) is 0.458. The van der Waals surface area contributed by atoms with E-state index in [1.807, 2.05) is 6.07 Å². The molecule has 1 aromatic heterocycles. The summed E-state index contributed by atoms with van der Waals surface area (Å²) in [7, 11) is 0. The lowest BCUT2D eigenvalue weighted by Crippen LogP contribution is -2.44. The zero-order valence-electron chi connectivity index (χ0n) is 18.1. The topological polar surface area (TPSA) is 61.4 Å². The van der Waals surface area contributed by atoms with Gasteiger partial charge in [0.1, 0.15) is 5.82 Å². The quantitative estimate of drug-likeness (QED) is 0.688. The van der Waals surface area contributed by atoms with E-state index in [9.17, 15) is 9.18 Å². The minimum absolute atomic E-state index is 0.0322. The number of aromatic nitrogens is 2. The van der Waals surface area contributed by atoms with Gasteiger partial charge >= 0.3 is 0 Å². The number of piperidine rings is 2. The first-order valence-electron chi connectivity index (χ1n) is 11.5. The molecule has 1 amide bonds. The second-order valence-corrected chi connectivity index (χ2v) is 8.61. The van der Waals surface area contributed by atoms with Crippen LogP contribution in [0.3, 0.4) is 0 Å². The van der Waals surface area contributed by atoms with Gasteiger partial charge in [-0.3, -0.25) is 4.79 Å². The van der Waals surface area contributed by atoms with E-state index in [1.165, 1.54) is 44.5 Å². The molecule has 7 heteroatoms. The normalized spacial score (nSPS) is 19.9. The van der Waals surface area contributed by atoms with Crippen LogP contribution in [0.5, 0.6) is 0 Å². The number of benzene rings is 1. The summed E-state index contributed by atoms with van der Waals surface area (Å²) >= 11 is 0. The van der Waals surface area contributed by atoms with Gasteiger partial charge in [0.05, 0.1) is 5.92 Å². The van der Waals surface area contributed by atoms with Crippen LogP contribution in [0, 0.1) is 11.7 Å². The largest absolute Gasteiger partial charge is 0.356 e. The molecule has 0 aliphatic carbocycles. The predicted molar refractivity (Wildman–Crippen MR) is 120 cm³/mol. The Bertz CT molecular complexity index is 853. The first-order chi connectivity index (χ1) is 15.2. The van der Waals surface area contributed by atoms with Gasteiger partial charge < -0.3 is 15.1 Å². The summed E-state index contributed by atoms with van der Waals surface area (Å²) in [4.78, 5) is 26.2. The number of carbonyl (C=O) groups is 1. The van der Waals surface area contributed by atoms with Crippen molar-refractivity contribution in [1.82, 2.24) is 20.2 Å². The highest BCUT2D eigenvalue weighted by atomic mass is 19.1. The fourth-order valence-electron chi connectivity index (χ4n) is 4.52. The zero-order valence-corrected chi connectivity index (χ0v) is 18.1. The fourth-order valence-corrected chi connectivity index (χ4v) is 4.52. The summed E-state index contributed by atoms with van der Waals surface area (Å²) < 4.78 is 13.5. The molecule has 0 saturated carbocycles. The number of hydrogen-bond acceptors (Lipinski definition) is 5. The second kappa shape index (κ2) is 10.7. The van der Waals surface area contributed by atoms with Gasteiger partial charge in [0.2, 0.25) is 11.9 Å². The average Bonchev–Trinajstić information content (AvgIpc) is 2.82. The van der Waals surface area contributed by atoms with Crippen LogP contribution in [-0.2, 0) is 4.79 Å². The van der Waals surface area contributed by atoms with E-state index in [4.69, 9.17) is 0 Å². The van der Waals surface area contributed by atoms with Gasteiger partial charge in [0.25, 0.3) is 0 Å². The Hall–Kier alpha value is -2.54. The highest BCUT2D eigenvalue weighted by Crippen LogP contribution is 2.23. The minimum atomic E-state index is -0.276. The smallest absolute Gasteiger partial charge is 0.225 e. The van der Waals surface area contributed by atoms with Gasteiger partial charge in [-0.2, -0.15) is 0 Å². The number of hydrogen-bond donors (Lipinski definition) is 1. The first-order valence-corrected chi connectivity index (χ1v) is 11.5. The summed E-state index contributed by atoms with van der Waals surface area (Å²) in [5.41, 5.74) is 1.54. The highest BCUT2D eigenvalue weighted by Gasteiger charge is 2.27. The molecular formula is C24H32FN5O. The highest BCUT2D eigenvalue weighted by molar-refractivity contribution is 5.79. The number of halogens is 1. The van der Waals surface area contributed by atoms with Crippen molar-refractivity contribution in [2.45, 2.75) is 38.5 Å². The molecule has 2 fully saturated rings. The molecule has 3 heterocycles. The van der Waals surface area contributed by atoms with Crippen molar-refractivity contribution in [3.8, 4) is 11.1 Å². The molecule has 0 bridgehead atoms. The molecule has 2 aromatic rings. The van der Waals surface area contributed by atoms with Crippen molar-refractivity contribution in [2.24, 2.45) is 5.92 Å². The Morgan fingerprint density at radius 3 is 2.65 bits per heavy atom. The zero-order chi connectivity index (χ0) is 21.5. The second-order valence-electron chi connectivity index (χ2n) is 8.61. The number of amides is 1. The maximum atomic E-state index is 13.5. The molecule has 0 radical (unpaired) electrons. The number of nitrogens with one attached hydrogen (secondary N) is 1. The first kappa shape index (κ1) is 21.7. The Balaban J connectivity index is 1.26. The maximum Gasteiger partial charge on any atom is 0.225 e. The lowest BCUT2D eigenvalue weighted by atomic mass is 9.97. The molecular weight excluding hydrogens is 393 g/mol. The van der Waals surface area contributed by atoms with Crippen LogP contribution < -0.4 is 10.2 Å². The minimum Gasteiger partial charge on any atom is -0.356 e. The molecule has 1 atom stereocenters. The van der Waals surface area contributed by atoms with E-state index in [2.05, 4.69) is 25.1 Å². The lowest BCUT2D eigenvalue weighted by molar-refractivity contribution is -0.125. The number of rotatable bonds is 7. The molecule has 1 aromatic carbocycles. The summed E-state index contributed by atoms with van der Waals surface area (Å²) in [6.45, 7) is 5.69. The van der Waals surface area contributed by atoms with E-state index in [0.29, 0.717) is 12.5 Å². The molecule has 166 valence electrons. The number of carbonyl (C=O) groups excluding carboxylic acids is 1. The molecule has 31 heavy (non-hydrogen) atoms. The molecule has 1 N–H and O–H groups in total. The Labute approximate surface area is 183 Å². The summed E-state index contributed by atoms with van der Waals surface area (Å²) in [6, 6.07) is 6.42. The van der Waals surface area contributed by atoms with Crippen molar-refractivity contribution < 1.29 is 9.18 Å². The lowest BCUT2D eigenvalue weighted by Gasteiger charge is -2.32. The molecule has 6 nitrogen and oxygen atoms in total. The fraction of sp³-hybridized carbons (Fsp3) is 0.542. The van der Waals surface area contributed by atoms with Crippen LogP contribution in [0.15, 0.2) is 36.7 Å². The SMILES string of the molecule is O=C(NCCCN1CCCCC1)[C@@H]1CCCN(c2ncc(-c3cccc(F)c3)cn2)C1. The molecule has 4 rings (SSSR count). The van der Waals surface area contributed by atoms with Crippen LogP contribution in [-0.4, -0.2) is 60.0 Å². The third kappa shape index (κ3) is 6.00. The van der Waals surface area contributed by atoms with Crippen LogP contribution in [0.2, 0.25) is 0 Å². The van der Waals surface area contributed by atoms with Crippen LogP contribution in [0.4, 0.5) is 10.3 Å². The van der Waals surface area contributed by atoms with Crippen LogP contribution in [0.25, 0.3) is 11.1 Å². The van der Waals surface area contributed by atoms with Gasteiger partial charge in [-0.1, -0.05) is 18.6 Å². The Kier molecular flexibility index (Phi) is 7.46. The number of likely N-dealkylation sites (tertiary alicyclic amines) is 1. The summed E-state index contributed by atoms with van der Waals surface area (Å²) in [5, 5.41) is 3.13. The predicted octanol–water partition coefficient (Wildman–Crippen LogP) is 3.49. The van der Waals surface area contributed by atoms with Crippen molar-refractivity contribution in [1.29, 1.82) is 0 Å². The van der Waals surface area contributed by atoms with E-state index >= 15 is 0 Å².